The zero-order chi connectivity index (χ0) is 19.1. The molecule has 2 atom stereocenters. The van der Waals surface area contributed by atoms with E-state index in [2.05, 4.69) is 20.6 Å². The third-order valence-corrected chi connectivity index (χ3v) is 6.14. The third-order valence-electron chi connectivity index (χ3n) is 6.14. The molecule has 2 amide bonds. The SMILES string of the molecule is O=C1CCc2cc(/C=C/C(=O)N3CC4CC(n5ccnn5)CC4C3)cnc2N1. The van der Waals surface area contributed by atoms with Gasteiger partial charge in [0.25, 0.3) is 0 Å². The van der Waals surface area contributed by atoms with Crippen molar-refractivity contribution in [1.82, 2.24) is 24.9 Å². The van der Waals surface area contributed by atoms with E-state index in [0.717, 1.165) is 37.1 Å². The van der Waals surface area contributed by atoms with Crippen LogP contribution in [0.5, 0.6) is 0 Å². The maximum atomic E-state index is 12.6. The van der Waals surface area contributed by atoms with E-state index >= 15 is 0 Å². The summed E-state index contributed by atoms with van der Waals surface area (Å²) in [6.07, 6.45) is 12.1. The van der Waals surface area contributed by atoms with Crippen LogP contribution in [0.1, 0.15) is 36.4 Å². The van der Waals surface area contributed by atoms with Crippen molar-refractivity contribution in [3.8, 4) is 0 Å². The van der Waals surface area contributed by atoms with E-state index in [4.69, 9.17) is 0 Å². The maximum Gasteiger partial charge on any atom is 0.246 e. The molecule has 1 aliphatic carbocycles. The van der Waals surface area contributed by atoms with Crippen molar-refractivity contribution >= 4 is 23.7 Å². The molecule has 4 heterocycles. The summed E-state index contributed by atoms with van der Waals surface area (Å²) in [4.78, 5) is 30.3. The zero-order valence-corrected chi connectivity index (χ0v) is 15.5. The van der Waals surface area contributed by atoms with Crippen molar-refractivity contribution in [3.63, 3.8) is 0 Å². The molecule has 1 N–H and O–H groups in total. The molecule has 1 saturated carbocycles. The molecule has 2 fully saturated rings. The van der Waals surface area contributed by atoms with Gasteiger partial charge in [0.1, 0.15) is 5.82 Å². The van der Waals surface area contributed by atoms with Gasteiger partial charge in [-0.15, -0.1) is 5.10 Å². The lowest BCUT2D eigenvalue weighted by molar-refractivity contribution is -0.125. The summed E-state index contributed by atoms with van der Waals surface area (Å²) in [5, 5.41) is 10.8. The van der Waals surface area contributed by atoms with Gasteiger partial charge in [0, 0.05) is 38.0 Å². The molecular weight excluding hydrogens is 356 g/mol. The number of carbonyl (C=O) groups excluding carboxylic acids is 2. The van der Waals surface area contributed by atoms with Gasteiger partial charge >= 0.3 is 0 Å². The predicted molar refractivity (Wildman–Crippen MR) is 102 cm³/mol. The molecule has 2 aliphatic heterocycles. The average molecular weight is 378 g/mol. The Kier molecular flexibility index (Phi) is 4.18. The van der Waals surface area contributed by atoms with Crippen molar-refractivity contribution in [2.45, 2.75) is 31.7 Å². The number of amides is 2. The van der Waals surface area contributed by atoms with Crippen molar-refractivity contribution in [3.05, 3.63) is 41.9 Å². The van der Waals surface area contributed by atoms with Gasteiger partial charge in [-0.05, 0) is 54.4 Å². The number of hydrogen-bond donors (Lipinski definition) is 1. The van der Waals surface area contributed by atoms with Crippen LogP contribution in [0.25, 0.3) is 6.08 Å². The first kappa shape index (κ1) is 17.1. The van der Waals surface area contributed by atoms with Crippen molar-refractivity contribution < 1.29 is 9.59 Å². The van der Waals surface area contributed by atoms with Crippen LogP contribution in [-0.4, -0.2) is 49.8 Å². The Morgan fingerprint density at radius 1 is 1.21 bits per heavy atom. The summed E-state index contributed by atoms with van der Waals surface area (Å²) in [6, 6.07) is 2.40. The summed E-state index contributed by atoms with van der Waals surface area (Å²) >= 11 is 0. The van der Waals surface area contributed by atoms with E-state index in [1.807, 2.05) is 27.9 Å². The quantitative estimate of drug-likeness (QED) is 0.821. The fourth-order valence-corrected chi connectivity index (χ4v) is 4.71. The van der Waals surface area contributed by atoms with E-state index in [0.29, 0.717) is 36.5 Å². The minimum Gasteiger partial charge on any atom is -0.339 e. The first-order chi connectivity index (χ1) is 13.7. The Balaban J connectivity index is 1.20. The number of anilines is 1. The smallest absolute Gasteiger partial charge is 0.246 e. The second-order valence-electron chi connectivity index (χ2n) is 7.93. The van der Waals surface area contributed by atoms with Crippen LogP contribution >= 0.6 is 0 Å². The van der Waals surface area contributed by atoms with Gasteiger partial charge in [0.15, 0.2) is 0 Å². The topological polar surface area (TPSA) is 93.0 Å². The molecule has 144 valence electrons. The van der Waals surface area contributed by atoms with Crippen LogP contribution in [0.15, 0.2) is 30.7 Å². The summed E-state index contributed by atoms with van der Waals surface area (Å²) in [6.45, 7) is 1.63. The second kappa shape index (κ2) is 6.85. The minimum absolute atomic E-state index is 0.00381. The predicted octanol–water partition coefficient (Wildman–Crippen LogP) is 1.68. The van der Waals surface area contributed by atoms with Crippen LogP contribution in [0, 0.1) is 11.8 Å². The number of nitrogens with one attached hydrogen (secondary N) is 1. The van der Waals surface area contributed by atoms with Crippen molar-refractivity contribution in [2.75, 3.05) is 18.4 Å². The number of nitrogens with zero attached hydrogens (tertiary/aromatic N) is 5. The highest BCUT2D eigenvalue weighted by atomic mass is 16.2. The van der Waals surface area contributed by atoms with Crippen LogP contribution in [-0.2, 0) is 16.0 Å². The van der Waals surface area contributed by atoms with Crippen molar-refractivity contribution in [1.29, 1.82) is 0 Å². The van der Waals surface area contributed by atoms with Crippen LogP contribution in [0.3, 0.4) is 0 Å². The molecule has 0 bridgehead atoms. The highest BCUT2D eigenvalue weighted by molar-refractivity contribution is 5.94. The fraction of sp³-hybridized carbons (Fsp3) is 0.450. The third kappa shape index (κ3) is 3.19. The lowest BCUT2D eigenvalue weighted by Gasteiger charge is -2.18. The molecule has 0 aromatic carbocycles. The first-order valence-electron chi connectivity index (χ1n) is 9.77. The summed E-state index contributed by atoms with van der Waals surface area (Å²) in [5.74, 6) is 1.78. The number of carbonyl (C=O) groups is 2. The van der Waals surface area contributed by atoms with Crippen molar-refractivity contribution in [2.24, 2.45) is 11.8 Å². The Hall–Kier alpha value is -3.03. The monoisotopic (exact) mass is 378 g/mol. The number of aromatic nitrogens is 4. The molecule has 5 rings (SSSR count). The maximum absolute atomic E-state index is 12.6. The summed E-state index contributed by atoms with van der Waals surface area (Å²) in [7, 11) is 0. The Morgan fingerprint density at radius 3 is 2.79 bits per heavy atom. The normalized spacial score (nSPS) is 26.4. The standard InChI is InChI=1S/C20H22N6O2/c27-18-3-2-14-7-13(10-21-20(14)23-18)1-4-19(28)25-11-15-8-17(9-16(15)12-25)26-6-5-22-24-26/h1,4-7,10,15-17H,2-3,8-9,11-12H2,(H,21,23,27)/b4-1+. The number of likely N-dealkylation sites (tertiary alicyclic amines) is 1. The molecule has 2 unspecified atom stereocenters. The molecule has 8 heteroatoms. The van der Waals surface area contributed by atoms with Gasteiger partial charge in [-0.1, -0.05) is 5.21 Å². The lowest BCUT2D eigenvalue weighted by atomic mass is 10.0. The molecule has 3 aliphatic rings. The molecule has 8 nitrogen and oxygen atoms in total. The van der Waals surface area contributed by atoms with Gasteiger partial charge in [-0.3, -0.25) is 9.59 Å². The van der Waals surface area contributed by atoms with Crippen LogP contribution in [0.4, 0.5) is 5.82 Å². The fourth-order valence-electron chi connectivity index (χ4n) is 4.71. The summed E-state index contributed by atoms with van der Waals surface area (Å²) in [5.41, 5.74) is 1.90. The highest BCUT2D eigenvalue weighted by Crippen LogP contribution is 2.43. The minimum atomic E-state index is 0.00381. The molecule has 1 saturated heterocycles. The van der Waals surface area contributed by atoms with Gasteiger partial charge in [0.2, 0.25) is 11.8 Å². The van der Waals surface area contributed by atoms with Gasteiger partial charge in [-0.2, -0.15) is 0 Å². The van der Waals surface area contributed by atoms with E-state index in [1.54, 1.807) is 18.5 Å². The Bertz CT molecular complexity index is 924. The number of rotatable bonds is 3. The lowest BCUT2D eigenvalue weighted by Crippen LogP contribution is -2.28. The number of fused-ring (bicyclic) bond motifs is 2. The first-order valence-corrected chi connectivity index (χ1v) is 9.77. The number of hydrogen-bond acceptors (Lipinski definition) is 5. The number of aryl methyl sites for hydroxylation is 1. The molecule has 2 aromatic heterocycles. The summed E-state index contributed by atoms with van der Waals surface area (Å²) < 4.78 is 1.95. The van der Waals surface area contributed by atoms with E-state index < -0.39 is 0 Å². The van der Waals surface area contributed by atoms with Gasteiger partial charge < -0.3 is 10.2 Å². The van der Waals surface area contributed by atoms with Gasteiger partial charge in [-0.25, -0.2) is 9.67 Å². The zero-order valence-electron chi connectivity index (χ0n) is 15.5. The molecule has 28 heavy (non-hydrogen) atoms. The molecule has 0 radical (unpaired) electrons. The molecular formula is C20H22N6O2. The average Bonchev–Trinajstić information content (AvgIpc) is 3.41. The van der Waals surface area contributed by atoms with Crippen LogP contribution in [0.2, 0.25) is 0 Å². The van der Waals surface area contributed by atoms with Crippen LogP contribution < -0.4 is 5.32 Å². The highest BCUT2D eigenvalue weighted by Gasteiger charge is 2.42. The van der Waals surface area contributed by atoms with E-state index in [1.165, 1.54) is 0 Å². The number of pyridine rings is 1. The Morgan fingerprint density at radius 2 is 2.04 bits per heavy atom. The Labute approximate surface area is 162 Å². The van der Waals surface area contributed by atoms with E-state index in [-0.39, 0.29) is 11.8 Å². The van der Waals surface area contributed by atoms with Gasteiger partial charge in [0.05, 0.1) is 12.2 Å². The molecule has 0 spiro atoms. The molecule has 2 aromatic rings. The largest absolute Gasteiger partial charge is 0.339 e. The second-order valence-corrected chi connectivity index (χ2v) is 7.93. The van der Waals surface area contributed by atoms with E-state index in [9.17, 15) is 9.59 Å².